The zero-order valence-corrected chi connectivity index (χ0v) is 13.7. The molecule has 3 nitrogen and oxygen atoms in total. The van der Waals surface area contributed by atoms with Crippen molar-refractivity contribution in [3.05, 3.63) is 0 Å². The lowest BCUT2D eigenvalue weighted by Crippen LogP contribution is -2.38. The largest absolute Gasteiger partial charge is 0.352 e. The molecule has 0 saturated heterocycles. The van der Waals surface area contributed by atoms with Crippen LogP contribution < -0.4 is 11.1 Å². The molecule has 0 bridgehead atoms. The number of nitrogens with one attached hydrogen (secondary N) is 1. The van der Waals surface area contributed by atoms with Gasteiger partial charge in [-0.25, -0.2) is 0 Å². The van der Waals surface area contributed by atoms with Gasteiger partial charge in [-0.05, 0) is 38.0 Å². The van der Waals surface area contributed by atoms with Crippen molar-refractivity contribution < 1.29 is 4.79 Å². The SMILES string of the molecule is CCSC1CCCC1NC(=O)CCCCCCN.Cl. The van der Waals surface area contributed by atoms with Crippen LogP contribution in [0.25, 0.3) is 0 Å². The maximum Gasteiger partial charge on any atom is 0.220 e. The van der Waals surface area contributed by atoms with Crippen molar-refractivity contribution in [1.82, 2.24) is 5.32 Å². The predicted octanol–water partition coefficient (Wildman–Crippen LogP) is 3.11. The number of unbranched alkanes of at least 4 members (excludes halogenated alkanes) is 3. The molecule has 0 spiro atoms. The second kappa shape index (κ2) is 11.9. The van der Waals surface area contributed by atoms with Gasteiger partial charge in [0.05, 0.1) is 0 Å². The number of halogens is 1. The van der Waals surface area contributed by atoms with Crippen molar-refractivity contribution in [2.24, 2.45) is 5.73 Å². The van der Waals surface area contributed by atoms with Crippen LogP contribution in [0.4, 0.5) is 0 Å². The molecule has 1 aliphatic carbocycles. The third-order valence-corrected chi connectivity index (χ3v) is 4.86. The smallest absolute Gasteiger partial charge is 0.220 e. The Balaban J connectivity index is 0.00000324. The van der Waals surface area contributed by atoms with E-state index in [2.05, 4.69) is 12.2 Å². The van der Waals surface area contributed by atoms with Gasteiger partial charge in [-0.1, -0.05) is 26.2 Å². The maximum absolute atomic E-state index is 11.8. The summed E-state index contributed by atoms with van der Waals surface area (Å²) in [5.41, 5.74) is 5.44. The fraction of sp³-hybridized carbons (Fsp3) is 0.929. The number of thioether (sulfide) groups is 1. The Morgan fingerprint density at radius 3 is 2.68 bits per heavy atom. The van der Waals surface area contributed by atoms with Crippen molar-refractivity contribution in [3.63, 3.8) is 0 Å². The lowest BCUT2D eigenvalue weighted by atomic mass is 10.1. The highest BCUT2D eigenvalue weighted by Crippen LogP contribution is 2.29. The van der Waals surface area contributed by atoms with Gasteiger partial charge in [0.1, 0.15) is 0 Å². The Morgan fingerprint density at radius 1 is 1.26 bits per heavy atom. The van der Waals surface area contributed by atoms with Gasteiger partial charge in [-0.2, -0.15) is 11.8 Å². The number of amides is 1. The number of hydrogen-bond donors (Lipinski definition) is 2. The van der Waals surface area contributed by atoms with Crippen molar-refractivity contribution in [2.75, 3.05) is 12.3 Å². The topological polar surface area (TPSA) is 55.1 Å². The first-order valence-electron chi connectivity index (χ1n) is 7.39. The Bertz CT molecular complexity index is 241. The molecule has 19 heavy (non-hydrogen) atoms. The Labute approximate surface area is 128 Å². The van der Waals surface area contributed by atoms with Crippen LogP contribution in [-0.4, -0.2) is 29.5 Å². The Kier molecular flexibility index (Phi) is 11.9. The van der Waals surface area contributed by atoms with Gasteiger partial charge in [0.2, 0.25) is 5.91 Å². The molecule has 1 aliphatic rings. The van der Waals surface area contributed by atoms with Crippen LogP contribution >= 0.6 is 24.2 Å². The van der Waals surface area contributed by atoms with Gasteiger partial charge >= 0.3 is 0 Å². The van der Waals surface area contributed by atoms with Gasteiger partial charge in [0.25, 0.3) is 0 Å². The van der Waals surface area contributed by atoms with E-state index in [9.17, 15) is 4.79 Å². The lowest BCUT2D eigenvalue weighted by Gasteiger charge is -2.20. The zero-order valence-electron chi connectivity index (χ0n) is 12.0. The van der Waals surface area contributed by atoms with E-state index in [1.165, 1.54) is 12.8 Å². The molecular weight excluding hydrogens is 280 g/mol. The monoisotopic (exact) mass is 308 g/mol. The minimum Gasteiger partial charge on any atom is -0.352 e. The van der Waals surface area contributed by atoms with Crippen molar-refractivity contribution >= 4 is 30.1 Å². The summed E-state index contributed by atoms with van der Waals surface area (Å²) in [5.74, 6) is 1.40. The highest BCUT2D eigenvalue weighted by Gasteiger charge is 2.27. The highest BCUT2D eigenvalue weighted by molar-refractivity contribution is 7.99. The number of nitrogens with two attached hydrogens (primary N) is 1. The molecule has 2 atom stereocenters. The Hall–Kier alpha value is 0.0700. The quantitative estimate of drug-likeness (QED) is 0.644. The normalized spacial score (nSPS) is 22.0. The third kappa shape index (κ3) is 8.05. The molecule has 1 fully saturated rings. The van der Waals surface area contributed by atoms with E-state index in [-0.39, 0.29) is 18.3 Å². The van der Waals surface area contributed by atoms with Crippen LogP contribution in [0.5, 0.6) is 0 Å². The zero-order chi connectivity index (χ0) is 13.2. The average molecular weight is 309 g/mol. The fourth-order valence-electron chi connectivity index (χ4n) is 2.57. The fourth-order valence-corrected chi connectivity index (χ4v) is 3.77. The number of rotatable bonds is 9. The first-order valence-corrected chi connectivity index (χ1v) is 8.43. The van der Waals surface area contributed by atoms with Crippen LogP contribution in [0.1, 0.15) is 58.3 Å². The van der Waals surface area contributed by atoms with E-state index in [0.29, 0.717) is 17.7 Å². The van der Waals surface area contributed by atoms with Crippen molar-refractivity contribution in [2.45, 2.75) is 69.6 Å². The highest BCUT2D eigenvalue weighted by atomic mass is 35.5. The van der Waals surface area contributed by atoms with Gasteiger partial charge in [-0.3, -0.25) is 4.79 Å². The molecule has 3 N–H and O–H groups in total. The van der Waals surface area contributed by atoms with E-state index < -0.39 is 0 Å². The molecule has 0 aliphatic heterocycles. The molecule has 1 saturated carbocycles. The van der Waals surface area contributed by atoms with Crippen molar-refractivity contribution in [3.8, 4) is 0 Å². The first-order chi connectivity index (χ1) is 8.77. The summed E-state index contributed by atoms with van der Waals surface area (Å²) in [5, 5.41) is 3.87. The molecule has 0 heterocycles. The van der Waals surface area contributed by atoms with Gasteiger partial charge < -0.3 is 11.1 Å². The van der Waals surface area contributed by atoms with Crippen molar-refractivity contribution in [1.29, 1.82) is 0 Å². The minimum atomic E-state index is 0. The molecule has 0 aromatic rings. The molecule has 0 aromatic heterocycles. The summed E-state index contributed by atoms with van der Waals surface area (Å²) in [6, 6.07) is 0.423. The summed E-state index contributed by atoms with van der Waals surface area (Å²) in [6.07, 6.45) is 8.74. The number of hydrogen-bond acceptors (Lipinski definition) is 3. The summed E-state index contributed by atoms with van der Waals surface area (Å²) >= 11 is 2.00. The van der Waals surface area contributed by atoms with Crippen LogP contribution in [-0.2, 0) is 4.79 Å². The molecule has 0 aromatic carbocycles. The van der Waals surface area contributed by atoms with Crippen LogP contribution in [0.3, 0.4) is 0 Å². The van der Waals surface area contributed by atoms with Gasteiger partial charge in [0.15, 0.2) is 0 Å². The van der Waals surface area contributed by atoms with E-state index in [1.54, 1.807) is 0 Å². The van der Waals surface area contributed by atoms with E-state index in [0.717, 1.165) is 44.4 Å². The summed E-state index contributed by atoms with van der Waals surface area (Å²) in [7, 11) is 0. The summed E-state index contributed by atoms with van der Waals surface area (Å²) in [6.45, 7) is 2.96. The second-order valence-corrected chi connectivity index (χ2v) is 6.57. The first kappa shape index (κ1) is 19.1. The van der Waals surface area contributed by atoms with Crippen LogP contribution in [0.15, 0.2) is 0 Å². The molecule has 5 heteroatoms. The van der Waals surface area contributed by atoms with Crippen LogP contribution in [0.2, 0.25) is 0 Å². The Morgan fingerprint density at radius 2 is 2.00 bits per heavy atom. The summed E-state index contributed by atoms with van der Waals surface area (Å²) < 4.78 is 0. The van der Waals surface area contributed by atoms with E-state index >= 15 is 0 Å². The van der Waals surface area contributed by atoms with E-state index in [1.807, 2.05) is 11.8 Å². The summed E-state index contributed by atoms with van der Waals surface area (Å²) in [4.78, 5) is 11.8. The van der Waals surface area contributed by atoms with Gasteiger partial charge in [0, 0.05) is 17.7 Å². The number of carbonyl (C=O) groups is 1. The maximum atomic E-state index is 11.8. The average Bonchev–Trinajstić information content (AvgIpc) is 2.77. The molecule has 0 radical (unpaired) electrons. The molecule has 2 unspecified atom stereocenters. The minimum absolute atomic E-state index is 0. The molecular formula is C14H29ClN2OS. The predicted molar refractivity (Wildman–Crippen MR) is 87.1 cm³/mol. The standard InChI is InChI=1S/C14H28N2OS.ClH/c1-2-18-13-9-7-8-12(13)16-14(17)10-5-3-4-6-11-15;/h12-13H,2-11,15H2,1H3,(H,16,17);1H. The van der Waals surface area contributed by atoms with E-state index in [4.69, 9.17) is 5.73 Å². The molecule has 1 amide bonds. The molecule has 1 rings (SSSR count). The van der Waals surface area contributed by atoms with Gasteiger partial charge in [-0.15, -0.1) is 12.4 Å². The lowest BCUT2D eigenvalue weighted by molar-refractivity contribution is -0.121. The molecule has 114 valence electrons. The van der Waals surface area contributed by atoms with Crippen LogP contribution in [0, 0.1) is 0 Å². The number of carbonyl (C=O) groups excluding carboxylic acids is 1. The third-order valence-electron chi connectivity index (χ3n) is 3.54. The second-order valence-electron chi connectivity index (χ2n) is 5.05.